The molecule has 1 aromatic heterocycles. The number of phenolic OH excluding ortho intramolecular Hbond substituents is 1. The molecule has 0 spiro atoms. The molecule has 7 heteroatoms. The second kappa shape index (κ2) is 7.42. The van der Waals surface area contributed by atoms with Crippen LogP contribution in [0, 0.1) is 0 Å². The number of aromatic nitrogens is 1. The summed E-state index contributed by atoms with van der Waals surface area (Å²) in [5.74, 6) is -0.113. The van der Waals surface area contributed by atoms with Crippen molar-refractivity contribution in [3.8, 4) is 17.0 Å². The Morgan fingerprint density at radius 1 is 1.23 bits per heavy atom. The lowest BCUT2D eigenvalue weighted by molar-refractivity contribution is 0.0547. The van der Waals surface area contributed by atoms with Crippen LogP contribution in [0.4, 0.5) is 4.79 Å². The first-order chi connectivity index (χ1) is 14.5. The van der Waals surface area contributed by atoms with E-state index >= 15 is 0 Å². The Labute approximate surface area is 181 Å². The van der Waals surface area contributed by atoms with Crippen molar-refractivity contribution in [2.24, 2.45) is 0 Å². The molecule has 0 radical (unpaired) electrons. The van der Waals surface area contributed by atoms with Crippen LogP contribution in [0.1, 0.15) is 42.3 Å². The van der Waals surface area contributed by atoms with E-state index in [1.54, 1.807) is 45.0 Å². The number of hydrogen-bond acceptors (Lipinski definition) is 5. The lowest BCUT2D eigenvalue weighted by atomic mass is 9.96. The molecular formula is C24H27N3O4. The van der Waals surface area contributed by atoms with Crippen LogP contribution in [0.15, 0.2) is 36.4 Å². The summed E-state index contributed by atoms with van der Waals surface area (Å²) in [5.41, 5.74) is 3.45. The fourth-order valence-corrected chi connectivity index (χ4v) is 4.02. The van der Waals surface area contributed by atoms with Gasteiger partial charge in [0.05, 0.1) is 16.8 Å². The van der Waals surface area contributed by atoms with Gasteiger partial charge in [0.2, 0.25) is 0 Å². The Bertz CT molecular complexity index is 1200. The minimum absolute atomic E-state index is 0.0617. The van der Waals surface area contributed by atoms with Crippen LogP contribution in [0.25, 0.3) is 22.2 Å². The third-order valence-electron chi connectivity index (χ3n) is 5.12. The highest BCUT2D eigenvalue weighted by atomic mass is 16.6. The zero-order valence-electron chi connectivity index (χ0n) is 18.4. The molecule has 0 atom stereocenters. The summed E-state index contributed by atoms with van der Waals surface area (Å²) in [4.78, 5) is 28.0. The second-order valence-electron chi connectivity index (χ2n) is 9.15. The zero-order chi connectivity index (χ0) is 22.5. The van der Waals surface area contributed by atoms with Crippen molar-refractivity contribution in [2.75, 3.05) is 14.1 Å². The zero-order valence-corrected chi connectivity index (χ0v) is 18.4. The van der Waals surface area contributed by atoms with Gasteiger partial charge >= 0.3 is 6.09 Å². The summed E-state index contributed by atoms with van der Waals surface area (Å²) in [6.45, 7) is 6.54. The van der Waals surface area contributed by atoms with Gasteiger partial charge in [-0.3, -0.25) is 4.79 Å². The van der Waals surface area contributed by atoms with Crippen molar-refractivity contribution in [2.45, 2.75) is 39.5 Å². The van der Waals surface area contributed by atoms with E-state index in [-0.39, 0.29) is 11.7 Å². The topological polar surface area (TPSA) is 83.8 Å². The molecule has 31 heavy (non-hydrogen) atoms. The summed E-state index contributed by atoms with van der Waals surface area (Å²) >= 11 is 0. The van der Waals surface area contributed by atoms with E-state index in [0.29, 0.717) is 40.8 Å². The lowest BCUT2D eigenvalue weighted by Crippen LogP contribution is -2.27. The van der Waals surface area contributed by atoms with Crippen LogP contribution >= 0.6 is 0 Å². The molecule has 1 aliphatic rings. The number of phenols is 1. The van der Waals surface area contributed by atoms with E-state index in [4.69, 9.17) is 4.74 Å². The first-order valence-electron chi connectivity index (χ1n) is 10.2. The molecule has 0 unspecified atom stereocenters. The Morgan fingerprint density at radius 3 is 2.65 bits per heavy atom. The third-order valence-corrected chi connectivity index (χ3v) is 5.12. The highest BCUT2D eigenvalue weighted by Gasteiger charge is 2.29. The standard InChI is InChI=1S/C24H27N3O4/c1-24(2,3)31-23(30)27-18-7-6-8-20(28)16(18)11-19(27)17-10-14(13-26(4)5)9-15-12-25-22(29)21(15)17/h6-11,28H,12-13H2,1-5H3,(H,25,29). The van der Waals surface area contributed by atoms with Crippen molar-refractivity contribution >= 4 is 22.9 Å². The van der Waals surface area contributed by atoms with Gasteiger partial charge < -0.3 is 20.1 Å². The summed E-state index contributed by atoms with van der Waals surface area (Å²) in [7, 11) is 3.96. The predicted octanol–water partition coefficient (Wildman–Crippen LogP) is 4.10. The second-order valence-corrected chi connectivity index (χ2v) is 9.15. The van der Waals surface area contributed by atoms with Crippen molar-refractivity contribution < 1.29 is 19.4 Å². The minimum atomic E-state index is -0.701. The normalized spacial score (nSPS) is 13.5. The maximum atomic E-state index is 13.2. The van der Waals surface area contributed by atoms with Gasteiger partial charge in [-0.25, -0.2) is 9.36 Å². The smallest absolute Gasteiger partial charge is 0.419 e. The SMILES string of the molecule is CN(C)Cc1cc2c(c(-c3cc4c(O)cccc4n3C(=O)OC(C)(C)C)c1)C(=O)NC2. The first kappa shape index (κ1) is 20.9. The van der Waals surface area contributed by atoms with Gasteiger partial charge in [-0.2, -0.15) is 0 Å². The molecule has 7 nitrogen and oxygen atoms in total. The first-order valence-corrected chi connectivity index (χ1v) is 10.2. The molecule has 0 saturated carbocycles. The fraction of sp³-hybridized carbons (Fsp3) is 0.333. The Balaban J connectivity index is 2.01. The number of benzene rings is 2. The van der Waals surface area contributed by atoms with E-state index in [2.05, 4.69) is 5.32 Å². The van der Waals surface area contributed by atoms with Crippen LogP contribution < -0.4 is 5.32 Å². The van der Waals surface area contributed by atoms with Crippen molar-refractivity contribution in [3.63, 3.8) is 0 Å². The molecule has 0 fully saturated rings. The molecule has 0 bridgehead atoms. The molecule has 162 valence electrons. The number of rotatable bonds is 3. The Kier molecular flexibility index (Phi) is 5.01. The largest absolute Gasteiger partial charge is 0.507 e. The predicted molar refractivity (Wildman–Crippen MR) is 119 cm³/mol. The number of ether oxygens (including phenoxy) is 1. The highest BCUT2D eigenvalue weighted by molar-refractivity contribution is 6.07. The lowest BCUT2D eigenvalue weighted by Gasteiger charge is -2.21. The van der Waals surface area contributed by atoms with Gasteiger partial charge in [0.25, 0.3) is 5.91 Å². The molecule has 2 N–H and O–H groups in total. The van der Waals surface area contributed by atoms with Crippen LogP contribution in [0.3, 0.4) is 0 Å². The number of nitrogens with one attached hydrogen (secondary N) is 1. The summed E-state index contributed by atoms with van der Waals surface area (Å²) in [5, 5.41) is 13.8. The summed E-state index contributed by atoms with van der Waals surface area (Å²) in [6.07, 6.45) is -0.562. The summed E-state index contributed by atoms with van der Waals surface area (Å²) in [6, 6.07) is 10.7. The maximum Gasteiger partial charge on any atom is 0.419 e. The molecule has 0 saturated heterocycles. The van der Waals surface area contributed by atoms with Gasteiger partial charge in [-0.05, 0) is 70.3 Å². The minimum Gasteiger partial charge on any atom is -0.507 e. The van der Waals surface area contributed by atoms with Gasteiger partial charge in [0.1, 0.15) is 11.4 Å². The van der Waals surface area contributed by atoms with Crippen molar-refractivity contribution in [1.29, 1.82) is 0 Å². The molecule has 2 aromatic carbocycles. The number of carbonyl (C=O) groups excluding carboxylic acids is 2. The number of carbonyl (C=O) groups is 2. The van der Waals surface area contributed by atoms with E-state index in [9.17, 15) is 14.7 Å². The van der Waals surface area contributed by atoms with Gasteiger partial charge in [-0.1, -0.05) is 12.1 Å². The highest BCUT2D eigenvalue weighted by Crippen LogP contribution is 2.38. The van der Waals surface area contributed by atoms with Crippen LogP contribution in [-0.2, 0) is 17.8 Å². The monoisotopic (exact) mass is 421 g/mol. The van der Waals surface area contributed by atoms with Gasteiger partial charge in [0.15, 0.2) is 0 Å². The average molecular weight is 421 g/mol. The average Bonchev–Trinajstić information content (AvgIpc) is 3.21. The van der Waals surface area contributed by atoms with E-state index < -0.39 is 11.7 Å². The van der Waals surface area contributed by atoms with Crippen LogP contribution in [-0.4, -0.2) is 46.3 Å². The van der Waals surface area contributed by atoms with Gasteiger partial charge in [-0.15, -0.1) is 0 Å². The Morgan fingerprint density at radius 2 is 1.97 bits per heavy atom. The fourth-order valence-electron chi connectivity index (χ4n) is 4.02. The molecular weight excluding hydrogens is 394 g/mol. The molecule has 4 rings (SSSR count). The third kappa shape index (κ3) is 3.88. The van der Waals surface area contributed by atoms with Crippen molar-refractivity contribution in [3.05, 3.63) is 53.1 Å². The number of nitrogens with zero attached hydrogens (tertiary/aromatic N) is 2. The number of hydrogen-bond donors (Lipinski definition) is 2. The van der Waals surface area contributed by atoms with E-state index in [1.807, 2.05) is 31.1 Å². The number of aromatic hydroxyl groups is 1. The molecule has 2 heterocycles. The number of fused-ring (bicyclic) bond motifs is 2. The molecule has 1 aliphatic heterocycles. The quantitative estimate of drug-likeness (QED) is 0.665. The molecule has 3 aromatic rings. The molecule has 1 amide bonds. The van der Waals surface area contributed by atoms with Crippen LogP contribution in [0.2, 0.25) is 0 Å². The van der Waals surface area contributed by atoms with Crippen LogP contribution in [0.5, 0.6) is 5.75 Å². The number of amides is 1. The Hall–Kier alpha value is -3.32. The summed E-state index contributed by atoms with van der Waals surface area (Å²) < 4.78 is 7.11. The van der Waals surface area contributed by atoms with E-state index in [1.165, 1.54) is 4.57 Å². The van der Waals surface area contributed by atoms with E-state index in [0.717, 1.165) is 11.1 Å². The van der Waals surface area contributed by atoms with Gasteiger partial charge in [0, 0.05) is 24.0 Å². The maximum absolute atomic E-state index is 13.2. The molecule has 0 aliphatic carbocycles. The van der Waals surface area contributed by atoms with Crippen molar-refractivity contribution in [1.82, 2.24) is 14.8 Å².